The maximum atomic E-state index is 12.3. The quantitative estimate of drug-likeness (QED) is 0.0796. The summed E-state index contributed by atoms with van der Waals surface area (Å²) in [6.07, 6.45) is -3.87. The third-order valence-corrected chi connectivity index (χ3v) is 8.24. The summed E-state index contributed by atoms with van der Waals surface area (Å²) in [5, 5.41) is 23.5. The smallest absolute Gasteiger partial charge is 0.387 e. The minimum Gasteiger partial charge on any atom is -0.387 e. The largest absolute Gasteiger partial charge is 0.490 e. The number of phosphoric acid groups is 3. The molecule has 1 aromatic rings. The van der Waals surface area contributed by atoms with Gasteiger partial charge in [-0.25, -0.2) is 18.5 Å². The van der Waals surface area contributed by atoms with Crippen LogP contribution in [0.5, 0.6) is 0 Å². The summed E-state index contributed by atoms with van der Waals surface area (Å²) in [6.45, 7) is 3.14. The Hall–Kier alpha value is -1.33. The first-order valence-corrected chi connectivity index (χ1v) is 14.4. The molecule has 0 aliphatic carbocycles. The zero-order chi connectivity index (χ0) is 27.5. The van der Waals surface area contributed by atoms with Crippen molar-refractivity contribution < 1.29 is 61.4 Å². The molecule has 4 unspecified atom stereocenters. The molecule has 1 aliphatic heterocycles. The van der Waals surface area contributed by atoms with E-state index in [1.54, 1.807) is 0 Å². The van der Waals surface area contributed by atoms with Crippen LogP contribution in [0.1, 0.15) is 25.6 Å². The zero-order valence-corrected chi connectivity index (χ0v) is 21.4. The van der Waals surface area contributed by atoms with Gasteiger partial charge in [-0.15, -0.1) is 0 Å². The van der Waals surface area contributed by atoms with Crippen LogP contribution in [-0.4, -0.2) is 70.8 Å². The summed E-state index contributed by atoms with van der Waals surface area (Å²) in [7, 11) is -16.9. The molecule has 1 fully saturated rings. The number of H-pyrrole nitrogens is 1. The van der Waals surface area contributed by atoms with E-state index in [9.17, 15) is 38.4 Å². The lowest BCUT2D eigenvalue weighted by Crippen LogP contribution is -2.39. The van der Waals surface area contributed by atoms with Crippen LogP contribution in [0.25, 0.3) is 0 Å². The lowest BCUT2D eigenvalue weighted by Gasteiger charge is -2.19. The van der Waals surface area contributed by atoms with Gasteiger partial charge in [-0.05, 0) is 13.8 Å². The Bertz CT molecular complexity index is 1220. The van der Waals surface area contributed by atoms with E-state index in [-0.39, 0.29) is 12.1 Å². The number of aliphatic hydroxyl groups excluding tert-OH is 2. The number of hydrogen-bond acceptors (Lipinski definition) is 12. The highest BCUT2D eigenvalue weighted by Gasteiger charge is 2.46. The molecule has 206 valence electrons. The molecule has 1 saturated heterocycles. The van der Waals surface area contributed by atoms with Crippen LogP contribution in [0.4, 0.5) is 0 Å². The molecule has 2 rings (SSSR count). The van der Waals surface area contributed by atoms with E-state index in [0.29, 0.717) is 6.54 Å². The second-order valence-electron chi connectivity index (χ2n) is 7.67. The van der Waals surface area contributed by atoms with E-state index in [2.05, 4.69) is 18.5 Å². The number of hydrogen-bond donors (Lipinski definition) is 8. The first-order valence-electron chi connectivity index (χ1n) is 9.89. The van der Waals surface area contributed by atoms with Crippen molar-refractivity contribution in [3.63, 3.8) is 0 Å². The number of nitrogens with zero attached hydrogens (tertiary/aromatic N) is 1. The zero-order valence-electron chi connectivity index (χ0n) is 18.7. The van der Waals surface area contributed by atoms with Crippen LogP contribution in [0.15, 0.2) is 27.4 Å². The summed E-state index contributed by atoms with van der Waals surface area (Å²) in [5.74, 6) is 0. The van der Waals surface area contributed by atoms with Gasteiger partial charge in [0.15, 0.2) is 6.23 Å². The van der Waals surface area contributed by atoms with Gasteiger partial charge in [-0.1, -0.05) is 11.6 Å². The first-order chi connectivity index (χ1) is 16.4. The van der Waals surface area contributed by atoms with Gasteiger partial charge in [0.25, 0.3) is 5.56 Å². The molecule has 0 spiro atoms. The van der Waals surface area contributed by atoms with Crippen LogP contribution >= 0.6 is 23.5 Å². The second kappa shape index (κ2) is 12.0. The minimum atomic E-state index is -5.76. The molecule has 0 amide bonds. The molecule has 0 bridgehead atoms. The number of nitrogens with one attached hydrogen (secondary N) is 2. The van der Waals surface area contributed by atoms with Crippen LogP contribution in [-0.2, 0) is 38.1 Å². The molecule has 8 N–H and O–H groups in total. The van der Waals surface area contributed by atoms with Crippen molar-refractivity contribution in [3.8, 4) is 0 Å². The fourth-order valence-electron chi connectivity index (χ4n) is 2.89. The second-order valence-corrected chi connectivity index (χ2v) is 12.1. The summed E-state index contributed by atoms with van der Waals surface area (Å²) in [6, 6.07) is 0. The minimum absolute atomic E-state index is 0.0280. The third kappa shape index (κ3) is 9.20. The highest BCUT2D eigenvalue weighted by molar-refractivity contribution is 7.66. The predicted octanol–water partition coefficient (Wildman–Crippen LogP) is -1.45. The third-order valence-electron chi connectivity index (χ3n) is 4.44. The maximum absolute atomic E-state index is 12.3. The van der Waals surface area contributed by atoms with Crippen molar-refractivity contribution in [1.29, 1.82) is 0 Å². The standard InChI is InChI=1S/C15H26N3O15P3/c1-8(2)3-4-16-5-9-6-18(15(22)17-13(9)21)14-12(20)11(19)10(31-14)7-30-35(26,27)33-36(28,29)32-34(23,24)25/h3,6,10-12,14,16,19-20H,4-5,7H2,1-2H3,(H,26,27)(H,28,29)(H,17,21,22)(H2,23,24,25)/t10-,11?,12?,14-/m1/s1. The van der Waals surface area contributed by atoms with Gasteiger partial charge >= 0.3 is 29.2 Å². The van der Waals surface area contributed by atoms with Crippen molar-refractivity contribution in [2.24, 2.45) is 0 Å². The van der Waals surface area contributed by atoms with Gasteiger partial charge in [-0.3, -0.25) is 18.9 Å². The molecule has 6 atom stereocenters. The number of aromatic nitrogens is 2. The topological polar surface area (TPSA) is 276 Å². The van der Waals surface area contributed by atoms with Crippen LogP contribution in [0, 0.1) is 0 Å². The molecular weight excluding hydrogens is 555 g/mol. The van der Waals surface area contributed by atoms with E-state index in [0.717, 1.165) is 16.3 Å². The lowest BCUT2D eigenvalue weighted by atomic mass is 10.1. The van der Waals surface area contributed by atoms with Gasteiger partial charge < -0.3 is 39.8 Å². The molecule has 0 radical (unpaired) electrons. The summed E-state index contributed by atoms with van der Waals surface area (Å²) < 4.78 is 51.5. The lowest BCUT2D eigenvalue weighted by molar-refractivity contribution is -0.0543. The number of phosphoric ester groups is 1. The Labute approximate surface area is 202 Å². The van der Waals surface area contributed by atoms with Gasteiger partial charge in [-0.2, -0.15) is 8.62 Å². The van der Waals surface area contributed by atoms with Crippen LogP contribution < -0.4 is 16.6 Å². The number of rotatable bonds is 12. The molecule has 1 aliphatic rings. The fourth-order valence-corrected chi connectivity index (χ4v) is 5.92. The Morgan fingerprint density at radius 2 is 1.75 bits per heavy atom. The molecule has 36 heavy (non-hydrogen) atoms. The average Bonchev–Trinajstić information content (AvgIpc) is 2.96. The highest BCUT2D eigenvalue weighted by Crippen LogP contribution is 2.66. The molecule has 21 heteroatoms. The summed E-state index contributed by atoms with van der Waals surface area (Å²) >= 11 is 0. The Morgan fingerprint density at radius 3 is 2.33 bits per heavy atom. The molecule has 1 aromatic heterocycles. The highest BCUT2D eigenvalue weighted by atomic mass is 31.3. The number of aliphatic hydroxyl groups is 2. The van der Waals surface area contributed by atoms with E-state index >= 15 is 0 Å². The van der Waals surface area contributed by atoms with E-state index in [1.165, 1.54) is 0 Å². The van der Waals surface area contributed by atoms with Crippen molar-refractivity contribution >= 4 is 23.5 Å². The molecule has 18 nitrogen and oxygen atoms in total. The van der Waals surface area contributed by atoms with E-state index in [1.807, 2.05) is 24.9 Å². The van der Waals surface area contributed by atoms with Gasteiger partial charge in [0.05, 0.1) is 6.61 Å². The normalized spacial score (nSPS) is 25.8. The Morgan fingerprint density at radius 1 is 1.11 bits per heavy atom. The number of ether oxygens (including phenoxy) is 1. The van der Waals surface area contributed by atoms with E-state index in [4.69, 9.17) is 19.4 Å². The Balaban J connectivity index is 2.12. The van der Waals surface area contributed by atoms with E-state index < -0.39 is 65.9 Å². The van der Waals surface area contributed by atoms with Crippen LogP contribution in [0.3, 0.4) is 0 Å². The van der Waals surface area contributed by atoms with Crippen molar-refractivity contribution in [3.05, 3.63) is 44.2 Å². The molecule has 2 heterocycles. The Kier molecular flexibility index (Phi) is 10.3. The van der Waals surface area contributed by atoms with Crippen molar-refractivity contribution in [1.82, 2.24) is 14.9 Å². The van der Waals surface area contributed by atoms with Crippen molar-refractivity contribution in [2.75, 3.05) is 13.2 Å². The van der Waals surface area contributed by atoms with Crippen molar-refractivity contribution in [2.45, 2.75) is 44.9 Å². The summed E-state index contributed by atoms with van der Waals surface area (Å²) in [5.41, 5.74) is -0.602. The average molecular weight is 581 g/mol. The number of aromatic amines is 1. The predicted molar refractivity (Wildman–Crippen MR) is 118 cm³/mol. The number of allylic oxidation sites excluding steroid dienone is 1. The maximum Gasteiger partial charge on any atom is 0.490 e. The summed E-state index contributed by atoms with van der Waals surface area (Å²) in [4.78, 5) is 62.1. The monoisotopic (exact) mass is 581 g/mol. The molecule has 0 aromatic carbocycles. The SMILES string of the molecule is CC(C)=CCNCc1cn([C@@H]2O[C@H](COP(=O)(O)OP(=O)(O)OP(=O)(O)O)C(O)C2O)c(=O)[nH]c1=O. The van der Waals surface area contributed by atoms with Gasteiger partial charge in [0.1, 0.15) is 18.3 Å². The van der Waals surface area contributed by atoms with Gasteiger partial charge in [0, 0.05) is 24.8 Å². The van der Waals surface area contributed by atoms with Crippen LogP contribution in [0.2, 0.25) is 0 Å². The molecule has 0 saturated carbocycles. The first kappa shape index (κ1) is 30.9. The van der Waals surface area contributed by atoms with Gasteiger partial charge in [0.2, 0.25) is 0 Å². The fraction of sp³-hybridized carbons (Fsp3) is 0.600. The molecular formula is C15H26N3O15P3.